The van der Waals surface area contributed by atoms with Gasteiger partial charge in [-0.2, -0.15) is 10.2 Å². The number of rotatable bonds is 8. The van der Waals surface area contributed by atoms with Crippen molar-refractivity contribution in [3.8, 4) is 5.75 Å². The van der Waals surface area contributed by atoms with Crippen molar-refractivity contribution in [3.05, 3.63) is 101 Å². The number of hydrogen-bond acceptors (Lipinski definition) is 5. The van der Waals surface area contributed by atoms with E-state index in [2.05, 4.69) is 32.7 Å². The Kier molecular flexibility index (Phi) is 10.3. The predicted octanol–water partition coefficient (Wildman–Crippen LogP) is 6.11. The minimum absolute atomic E-state index is 0.354. The van der Waals surface area contributed by atoms with Gasteiger partial charge in [0, 0.05) is 23.5 Å². The summed E-state index contributed by atoms with van der Waals surface area (Å²) in [6.07, 6.45) is 8.44. The van der Waals surface area contributed by atoms with Crippen molar-refractivity contribution >= 4 is 23.8 Å². The van der Waals surface area contributed by atoms with Crippen molar-refractivity contribution in [2.75, 3.05) is 5.32 Å². The fraction of sp³-hybridized carbons (Fsp3) is 0.259. The van der Waals surface area contributed by atoms with Crippen molar-refractivity contribution in [2.24, 2.45) is 0 Å². The van der Waals surface area contributed by atoms with Crippen LogP contribution in [0.3, 0.4) is 0 Å². The van der Waals surface area contributed by atoms with Crippen LogP contribution in [0.1, 0.15) is 49.3 Å². The number of nitrogens with one attached hydrogen (secondary N) is 1. The smallest absolute Gasteiger partial charge is 0.212 e. The van der Waals surface area contributed by atoms with Crippen LogP contribution in [0.25, 0.3) is 0 Å². The molecule has 0 unspecified atom stereocenters. The molecule has 2 aromatic heterocycles. The molecule has 1 aliphatic rings. The third-order valence-corrected chi connectivity index (χ3v) is 5.30. The molecule has 35 heavy (non-hydrogen) atoms. The number of halogens is 1. The number of hydrogen-bond donors (Lipinski definition) is 1. The zero-order valence-electron chi connectivity index (χ0n) is 20.0. The van der Waals surface area contributed by atoms with Gasteiger partial charge < -0.3 is 10.1 Å². The summed E-state index contributed by atoms with van der Waals surface area (Å²) in [5, 5.41) is 15.0. The van der Waals surface area contributed by atoms with Gasteiger partial charge in [-0.25, -0.2) is 0 Å². The first kappa shape index (κ1) is 25.9. The predicted molar refractivity (Wildman–Crippen MR) is 139 cm³/mol. The van der Waals surface area contributed by atoms with E-state index in [1.807, 2.05) is 67.2 Å². The van der Waals surface area contributed by atoms with E-state index in [9.17, 15) is 4.79 Å². The zero-order valence-corrected chi connectivity index (χ0v) is 20.7. The van der Waals surface area contributed by atoms with Crippen molar-refractivity contribution < 1.29 is 9.53 Å². The Labute approximate surface area is 211 Å². The van der Waals surface area contributed by atoms with Gasteiger partial charge >= 0.3 is 0 Å². The number of amides is 1. The molecule has 0 saturated heterocycles. The maximum atomic E-state index is 10.4. The van der Waals surface area contributed by atoms with Crippen LogP contribution in [0.4, 0.5) is 5.82 Å². The van der Waals surface area contributed by atoms with Gasteiger partial charge in [0.15, 0.2) is 5.82 Å². The molecule has 1 saturated carbocycles. The number of carbonyl (C=O) groups is 1. The van der Waals surface area contributed by atoms with Crippen LogP contribution in [0.2, 0.25) is 5.02 Å². The van der Waals surface area contributed by atoms with Crippen molar-refractivity contribution in [1.82, 2.24) is 20.0 Å². The Balaban J connectivity index is 0.000000236. The molecule has 0 bridgehead atoms. The lowest BCUT2D eigenvalue weighted by atomic mass is 10.1. The molecule has 1 aliphatic carbocycles. The molecule has 1 fully saturated rings. The number of nitrogens with zero attached hydrogens (tertiary/aromatic N) is 4. The molecule has 0 atom stereocenters. The topological polar surface area (TPSA) is 81.9 Å². The summed E-state index contributed by atoms with van der Waals surface area (Å²) in [7, 11) is 0. The fourth-order valence-corrected chi connectivity index (χ4v) is 3.42. The second-order valence-corrected chi connectivity index (χ2v) is 8.11. The average molecular weight is 492 g/mol. The molecule has 4 aromatic rings. The van der Waals surface area contributed by atoms with Gasteiger partial charge in [-0.15, -0.1) is 5.10 Å². The van der Waals surface area contributed by atoms with Gasteiger partial charge in [0.05, 0.1) is 12.7 Å². The summed E-state index contributed by atoms with van der Waals surface area (Å²) in [6.45, 7) is 5.15. The van der Waals surface area contributed by atoms with E-state index in [1.54, 1.807) is 12.3 Å². The van der Waals surface area contributed by atoms with E-state index in [1.165, 1.54) is 30.2 Å². The van der Waals surface area contributed by atoms with E-state index in [0.29, 0.717) is 24.6 Å². The van der Waals surface area contributed by atoms with E-state index in [0.717, 1.165) is 23.0 Å². The highest BCUT2D eigenvalue weighted by atomic mass is 35.5. The number of ether oxygens (including phenoxy) is 1. The first-order valence-electron chi connectivity index (χ1n) is 11.7. The van der Waals surface area contributed by atoms with Gasteiger partial charge in [0.25, 0.3) is 0 Å². The average Bonchev–Trinajstić information content (AvgIpc) is 3.63. The lowest BCUT2D eigenvalue weighted by molar-refractivity contribution is -0.105. The van der Waals surface area contributed by atoms with Crippen LogP contribution in [0, 0.1) is 0 Å². The Morgan fingerprint density at radius 2 is 1.86 bits per heavy atom. The zero-order chi connectivity index (χ0) is 24.9. The lowest BCUT2D eigenvalue weighted by Crippen LogP contribution is -2.02. The Bertz CT molecular complexity index is 1160. The summed E-state index contributed by atoms with van der Waals surface area (Å²) in [6, 6.07) is 19.8. The Morgan fingerprint density at radius 1 is 1.09 bits per heavy atom. The van der Waals surface area contributed by atoms with Crippen LogP contribution in [-0.2, 0) is 17.9 Å². The second kappa shape index (κ2) is 13.9. The highest BCUT2D eigenvalue weighted by Gasteiger charge is 2.23. The molecule has 5 rings (SSSR count). The van der Waals surface area contributed by atoms with Gasteiger partial charge in [-0.1, -0.05) is 61.8 Å². The van der Waals surface area contributed by atoms with Gasteiger partial charge in [-0.05, 0) is 53.6 Å². The molecule has 1 N–H and O–H groups in total. The molecule has 7 nitrogen and oxygen atoms in total. The van der Waals surface area contributed by atoms with Crippen molar-refractivity contribution in [2.45, 2.75) is 45.8 Å². The molecule has 1 amide bonds. The van der Waals surface area contributed by atoms with Crippen LogP contribution in [0.5, 0.6) is 5.75 Å². The normalized spacial score (nSPS) is 11.9. The molecular formula is C27H30ClN5O2. The van der Waals surface area contributed by atoms with E-state index < -0.39 is 0 Å². The van der Waals surface area contributed by atoms with E-state index in [-0.39, 0.29) is 0 Å². The molecule has 182 valence electrons. The van der Waals surface area contributed by atoms with Crippen LogP contribution < -0.4 is 10.1 Å². The van der Waals surface area contributed by atoms with E-state index in [4.69, 9.17) is 16.3 Å². The Morgan fingerprint density at radius 3 is 2.51 bits per heavy atom. The first-order chi connectivity index (χ1) is 17.2. The van der Waals surface area contributed by atoms with Crippen LogP contribution in [-0.4, -0.2) is 26.4 Å². The number of aromatic nitrogens is 4. The quantitative estimate of drug-likeness (QED) is 0.300. The summed E-state index contributed by atoms with van der Waals surface area (Å²) < 4.78 is 7.52. The highest BCUT2D eigenvalue weighted by molar-refractivity contribution is 6.30. The van der Waals surface area contributed by atoms with Crippen molar-refractivity contribution in [1.29, 1.82) is 0 Å². The number of benzene rings is 2. The second-order valence-electron chi connectivity index (χ2n) is 7.68. The lowest BCUT2D eigenvalue weighted by Gasteiger charge is -2.08. The Hall–Kier alpha value is -3.71. The molecule has 0 radical (unpaired) electrons. The number of carbonyl (C=O) groups excluding carboxylic acids is 1. The summed E-state index contributed by atoms with van der Waals surface area (Å²) in [5.74, 6) is 1.72. The standard InChI is InChI=1S/C16H15N5O2.C9H9Cl.C2H6/c22-12-17-16-8-15(9-18-20-16)23-11-14-4-2-13(3-5-14)10-21-7-1-6-19-21;10-9-3-1-2-8(6-9)7-4-5-7;1-2/h1-9,12H,10-11H2,(H,17,20,22);1-3,6-7H,4-5H2;1-2H3. The summed E-state index contributed by atoms with van der Waals surface area (Å²) in [4.78, 5) is 10.4. The third-order valence-electron chi connectivity index (χ3n) is 5.07. The number of anilines is 1. The monoisotopic (exact) mass is 491 g/mol. The van der Waals surface area contributed by atoms with Crippen LogP contribution >= 0.6 is 11.6 Å². The first-order valence-corrected chi connectivity index (χ1v) is 12.0. The molecule has 0 aliphatic heterocycles. The molecule has 2 aromatic carbocycles. The molecule has 0 spiro atoms. The summed E-state index contributed by atoms with van der Waals surface area (Å²) >= 11 is 5.82. The minimum atomic E-state index is 0.354. The maximum absolute atomic E-state index is 10.4. The fourth-order valence-electron chi connectivity index (χ4n) is 3.22. The highest BCUT2D eigenvalue weighted by Crippen LogP contribution is 2.40. The molecule has 8 heteroatoms. The maximum Gasteiger partial charge on any atom is 0.212 e. The SMILES string of the molecule is CC.Clc1cccc(C2CC2)c1.O=CNc1cc(OCc2ccc(Cn3cccn3)cc2)cnn1. The largest absolute Gasteiger partial charge is 0.487 e. The van der Waals surface area contributed by atoms with Crippen LogP contribution in [0.15, 0.2) is 79.3 Å². The van der Waals surface area contributed by atoms with E-state index >= 15 is 0 Å². The van der Waals surface area contributed by atoms with Crippen molar-refractivity contribution in [3.63, 3.8) is 0 Å². The molecule has 2 heterocycles. The molecular weight excluding hydrogens is 462 g/mol. The van der Waals surface area contributed by atoms with Gasteiger partial charge in [0.1, 0.15) is 12.4 Å². The summed E-state index contributed by atoms with van der Waals surface area (Å²) in [5.41, 5.74) is 3.61. The van der Waals surface area contributed by atoms with Gasteiger partial charge in [0.2, 0.25) is 6.41 Å². The van der Waals surface area contributed by atoms with Gasteiger partial charge in [-0.3, -0.25) is 9.48 Å². The minimum Gasteiger partial charge on any atom is -0.487 e. The third kappa shape index (κ3) is 8.87.